The SMILES string of the molecule is Cc1nnc(Cn2nc(C)c(C3COCCN3C)c2C)s1. The molecule has 0 radical (unpaired) electrons. The van der Waals surface area contributed by atoms with Crippen molar-refractivity contribution in [2.45, 2.75) is 33.4 Å². The average Bonchev–Trinajstić information content (AvgIpc) is 2.96. The van der Waals surface area contributed by atoms with Crippen LogP contribution in [0.2, 0.25) is 0 Å². The quantitative estimate of drug-likeness (QED) is 0.864. The number of aryl methyl sites for hydroxylation is 2. The summed E-state index contributed by atoms with van der Waals surface area (Å²) in [4.78, 5) is 2.35. The summed E-state index contributed by atoms with van der Waals surface area (Å²) < 4.78 is 7.68. The van der Waals surface area contributed by atoms with Crippen molar-refractivity contribution in [3.63, 3.8) is 0 Å². The first kappa shape index (κ1) is 14.6. The highest BCUT2D eigenvalue weighted by Crippen LogP contribution is 2.28. The Hall–Kier alpha value is -1.31. The fraction of sp³-hybridized carbons (Fsp3) is 0.643. The van der Waals surface area contributed by atoms with Gasteiger partial charge in [-0.2, -0.15) is 5.10 Å². The molecule has 1 aliphatic heterocycles. The van der Waals surface area contributed by atoms with E-state index < -0.39 is 0 Å². The zero-order chi connectivity index (χ0) is 15.0. The maximum absolute atomic E-state index is 5.65. The average molecular weight is 307 g/mol. The molecule has 0 spiro atoms. The molecule has 1 atom stereocenters. The lowest BCUT2D eigenvalue weighted by atomic mass is 10.0. The smallest absolute Gasteiger partial charge is 0.139 e. The van der Waals surface area contributed by atoms with Crippen molar-refractivity contribution < 1.29 is 4.74 Å². The number of aromatic nitrogens is 4. The highest BCUT2D eigenvalue weighted by atomic mass is 32.1. The van der Waals surface area contributed by atoms with E-state index in [1.54, 1.807) is 11.3 Å². The van der Waals surface area contributed by atoms with Crippen LogP contribution in [0.4, 0.5) is 0 Å². The van der Waals surface area contributed by atoms with Gasteiger partial charge in [-0.05, 0) is 27.8 Å². The molecule has 1 aliphatic rings. The largest absolute Gasteiger partial charge is 0.378 e. The lowest BCUT2D eigenvalue weighted by Gasteiger charge is -2.32. The van der Waals surface area contributed by atoms with Crippen molar-refractivity contribution in [1.29, 1.82) is 0 Å². The van der Waals surface area contributed by atoms with E-state index in [9.17, 15) is 0 Å². The van der Waals surface area contributed by atoms with Gasteiger partial charge in [0.05, 0.1) is 31.5 Å². The van der Waals surface area contributed by atoms with Gasteiger partial charge in [0.15, 0.2) is 0 Å². The molecule has 3 heterocycles. The van der Waals surface area contributed by atoms with Crippen LogP contribution in [0.1, 0.15) is 33.0 Å². The van der Waals surface area contributed by atoms with Crippen molar-refractivity contribution in [3.8, 4) is 0 Å². The van der Waals surface area contributed by atoms with E-state index in [1.165, 1.54) is 11.3 Å². The number of morpholine rings is 1. The summed E-state index contributed by atoms with van der Waals surface area (Å²) in [6.45, 7) is 9.38. The molecule has 21 heavy (non-hydrogen) atoms. The maximum atomic E-state index is 5.65. The molecular formula is C14H21N5OS. The summed E-state index contributed by atoms with van der Waals surface area (Å²) in [5.41, 5.74) is 3.57. The van der Waals surface area contributed by atoms with E-state index in [4.69, 9.17) is 9.84 Å². The third-order valence-corrected chi connectivity index (χ3v) is 4.84. The fourth-order valence-corrected chi connectivity index (χ4v) is 3.56. The molecule has 0 amide bonds. The van der Waals surface area contributed by atoms with Gasteiger partial charge in [0.1, 0.15) is 10.0 Å². The molecule has 0 aromatic carbocycles. The zero-order valence-corrected chi connectivity index (χ0v) is 13.8. The third kappa shape index (κ3) is 2.86. The highest BCUT2D eigenvalue weighted by Gasteiger charge is 2.27. The minimum Gasteiger partial charge on any atom is -0.378 e. The number of likely N-dealkylation sites (N-methyl/N-ethyl adjacent to an activating group) is 1. The molecule has 1 fully saturated rings. The Labute approximate surface area is 128 Å². The first-order valence-corrected chi connectivity index (χ1v) is 7.98. The van der Waals surface area contributed by atoms with E-state index in [1.807, 2.05) is 11.6 Å². The maximum Gasteiger partial charge on any atom is 0.139 e. The van der Waals surface area contributed by atoms with Crippen LogP contribution < -0.4 is 0 Å². The van der Waals surface area contributed by atoms with Crippen molar-refractivity contribution in [3.05, 3.63) is 27.0 Å². The van der Waals surface area contributed by atoms with E-state index in [2.05, 4.69) is 36.0 Å². The van der Waals surface area contributed by atoms with Gasteiger partial charge >= 0.3 is 0 Å². The van der Waals surface area contributed by atoms with Gasteiger partial charge in [-0.3, -0.25) is 9.58 Å². The van der Waals surface area contributed by atoms with Gasteiger partial charge < -0.3 is 4.74 Å². The van der Waals surface area contributed by atoms with Crippen molar-refractivity contribution in [1.82, 2.24) is 24.9 Å². The van der Waals surface area contributed by atoms with Crippen LogP contribution in [0.15, 0.2) is 0 Å². The van der Waals surface area contributed by atoms with E-state index in [-0.39, 0.29) is 0 Å². The molecule has 7 heteroatoms. The van der Waals surface area contributed by atoms with Crippen LogP contribution in [0.5, 0.6) is 0 Å². The van der Waals surface area contributed by atoms with Crippen LogP contribution in [-0.4, -0.2) is 51.7 Å². The Morgan fingerprint density at radius 1 is 1.29 bits per heavy atom. The second kappa shape index (κ2) is 5.82. The second-order valence-electron chi connectivity index (χ2n) is 5.53. The first-order valence-electron chi connectivity index (χ1n) is 7.17. The Bertz CT molecular complexity index is 635. The lowest BCUT2D eigenvalue weighted by Crippen LogP contribution is -2.37. The molecule has 0 saturated carbocycles. The van der Waals surface area contributed by atoms with Gasteiger partial charge in [-0.15, -0.1) is 10.2 Å². The normalized spacial score (nSPS) is 20.1. The van der Waals surface area contributed by atoms with E-state index >= 15 is 0 Å². The van der Waals surface area contributed by atoms with Gasteiger partial charge in [0.2, 0.25) is 0 Å². The van der Waals surface area contributed by atoms with Crippen LogP contribution in [0.3, 0.4) is 0 Å². The number of hydrogen-bond acceptors (Lipinski definition) is 6. The summed E-state index contributed by atoms with van der Waals surface area (Å²) >= 11 is 1.62. The summed E-state index contributed by atoms with van der Waals surface area (Å²) in [6, 6.07) is 0.295. The molecule has 2 aromatic heterocycles. The van der Waals surface area contributed by atoms with Gasteiger partial charge in [0.25, 0.3) is 0 Å². The topological polar surface area (TPSA) is 56.1 Å². The minimum absolute atomic E-state index is 0.295. The molecule has 1 unspecified atom stereocenters. The molecule has 0 bridgehead atoms. The molecule has 6 nitrogen and oxygen atoms in total. The Balaban J connectivity index is 1.88. The summed E-state index contributed by atoms with van der Waals surface area (Å²) in [5.74, 6) is 0. The van der Waals surface area contributed by atoms with Crippen molar-refractivity contribution >= 4 is 11.3 Å². The number of hydrogen-bond donors (Lipinski definition) is 0. The fourth-order valence-electron chi connectivity index (χ4n) is 2.87. The van der Waals surface area contributed by atoms with Crippen LogP contribution >= 0.6 is 11.3 Å². The molecule has 3 rings (SSSR count). The van der Waals surface area contributed by atoms with E-state index in [0.717, 1.165) is 35.5 Å². The number of nitrogens with zero attached hydrogens (tertiary/aromatic N) is 5. The number of rotatable bonds is 3. The zero-order valence-electron chi connectivity index (χ0n) is 13.0. The van der Waals surface area contributed by atoms with Crippen LogP contribution in [0, 0.1) is 20.8 Å². The van der Waals surface area contributed by atoms with Crippen LogP contribution in [-0.2, 0) is 11.3 Å². The molecule has 114 valence electrons. The first-order chi connectivity index (χ1) is 10.1. The standard InChI is InChI=1S/C14H21N5OS/c1-9-14(12-8-20-6-5-18(12)4)10(2)19(17-9)7-13-16-15-11(3)21-13/h12H,5-8H2,1-4H3. The summed E-state index contributed by atoms with van der Waals surface area (Å²) in [6.07, 6.45) is 0. The minimum atomic E-state index is 0.295. The van der Waals surface area contributed by atoms with Crippen LogP contribution in [0.25, 0.3) is 0 Å². The predicted octanol–water partition coefficient (Wildman–Crippen LogP) is 1.71. The molecule has 1 saturated heterocycles. The Kier molecular flexibility index (Phi) is 4.05. The van der Waals surface area contributed by atoms with Crippen molar-refractivity contribution in [2.24, 2.45) is 0 Å². The Morgan fingerprint density at radius 2 is 2.10 bits per heavy atom. The molecule has 2 aromatic rings. The van der Waals surface area contributed by atoms with E-state index in [0.29, 0.717) is 12.6 Å². The highest BCUT2D eigenvalue weighted by molar-refractivity contribution is 7.11. The third-order valence-electron chi connectivity index (χ3n) is 4.02. The Morgan fingerprint density at radius 3 is 2.76 bits per heavy atom. The molecule has 0 N–H and O–H groups in total. The molecule has 0 aliphatic carbocycles. The number of ether oxygens (including phenoxy) is 1. The summed E-state index contributed by atoms with van der Waals surface area (Å²) in [5, 5.41) is 15.0. The van der Waals surface area contributed by atoms with Gasteiger partial charge in [0, 0.05) is 17.8 Å². The molecular weight excluding hydrogens is 286 g/mol. The lowest BCUT2D eigenvalue weighted by molar-refractivity contribution is 0.00457. The van der Waals surface area contributed by atoms with Crippen molar-refractivity contribution in [2.75, 3.05) is 26.8 Å². The predicted molar refractivity (Wildman–Crippen MR) is 81.6 cm³/mol. The van der Waals surface area contributed by atoms with Gasteiger partial charge in [-0.1, -0.05) is 11.3 Å². The summed E-state index contributed by atoms with van der Waals surface area (Å²) in [7, 11) is 2.15. The second-order valence-corrected chi connectivity index (χ2v) is 6.79. The van der Waals surface area contributed by atoms with Gasteiger partial charge in [-0.25, -0.2) is 0 Å². The monoisotopic (exact) mass is 307 g/mol.